The summed E-state index contributed by atoms with van der Waals surface area (Å²) in [6.45, 7) is 37.2. The molecule has 0 unspecified atom stereocenters. The van der Waals surface area contributed by atoms with Crippen molar-refractivity contribution in [3.8, 4) is 11.1 Å². The van der Waals surface area contributed by atoms with Gasteiger partial charge >= 0.3 is 6.85 Å². The predicted molar refractivity (Wildman–Crippen MR) is 375 cm³/mol. The van der Waals surface area contributed by atoms with Crippen LogP contribution < -0.4 is 24.9 Å². The second-order valence-electron chi connectivity index (χ2n) is 30.9. The van der Waals surface area contributed by atoms with Crippen molar-refractivity contribution in [3.63, 3.8) is 0 Å². The van der Waals surface area contributed by atoms with Crippen LogP contribution >= 0.6 is 11.3 Å². The zero-order chi connectivity index (χ0) is 60.8. The molecule has 0 atom stereocenters. The van der Waals surface area contributed by atoms with Crippen LogP contribution in [-0.2, 0) is 32.5 Å². The van der Waals surface area contributed by atoms with E-state index in [1.54, 1.807) is 0 Å². The molecule has 12 aromatic rings. The molecule has 0 spiro atoms. The molecule has 15 rings (SSSR count). The molecule has 3 aliphatic rings. The normalized spacial score (nSPS) is 15.6. The van der Waals surface area contributed by atoms with Crippen molar-refractivity contribution in [2.75, 3.05) is 14.6 Å². The molecule has 1 aliphatic carbocycles. The Labute approximate surface area is 518 Å². The van der Waals surface area contributed by atoms with Gasteiger partial charge in [0, 0.05) is 93.4 Å². The van der Waals surface area contributed by atoms with Crippen LogP contribution in [0.5, 0.6) is 0 Å². The molecule has 0 N–H and O–H groups in total. The fourth-order valence-corrected chi connectivity index (χ4v) is 15.9. The number of benzene rings is 9. The van der Waals surface area contributed by atoms with Crippen LogP contribution in [0.2, 0.25) is 0 Å². The first-order valence-electron chi connectivity index (χ1n) is 31.5. The van der Waals surface area contributed by atoms with Gasteiger partial charge in [0.05, 0.1) is 5.69 Å². The number of furan rings is 2. The highest BCUT2D eigenvalue weighted by Crippen LogP contribution is 2.56. The first kappa shape index (κ1) is 55.6. The molecule has 0 saturated carbocycles. The molecule has 0 bridgehead atoms. The number of fused-ring (bicyclic) bond motifs is 14. The van der Waals surface area contributed by atoms with Crippen molar-refractivity contribution in [2.24, 2.45) is 0 Å². The molecule has 3 aromatic heterocycles. The Hall–Kier alpha value is -8.00. The van der Waals surface area contributed by atoms with Gasteiger partial charge in [-0.2, -0.15) is 0 Å². The summed E-state index contributed by atoms with van der Waals surface area (Å²) in [5.41, 5.74) is 24.3. The van der Waals surface area contributed by atoms with Crippen LogP contribution in [0.3, 0.4) is 0 Å². The molecular weight excluding hydrogens is 1080 g/mol. The largest absolute Gasteiger partial charge is 0.456 e. The van der Waals surface area contributed by atoms with E-state index in [4.69, 9.17) is 8.83 Å². The van der Waals surface area contributed by atoms with Crippen molar-refractivity contribution >= 4 is 128 Å². The third-order valence-electron chi connectivity index (χ3n) is 19.9. The molecule has 9 aromatic carbocycles. The molecule has 5 nitrogen and oxygen atoms in total. The van der Waals surface area contributed by atoms with Gasteiger partial charge in [-0.3, -0.25) is 0 Å². The van der Waals surface area contributed by atoms with Crippen LogP contribution in [0.1, 0.15) is 157 Å². The summed E-state index contributed by atoms with van der Waals surface area (Å²) < 4.78 is 17.2. The lowest BCUT2D eigenvalue weighted by Gasteiger charge is -2.45. The van der Waals surface area contributed by atoms with Crippen molar-refractivity contribution in [3.05, 3.63) is 203 Å². The minimum atomic E-state index is -0.229. The highest BCUT2D eigenvalue weighted by molar-refractivity contribution is 7.32. The number of hydrogen-bond acceptors (Lipinski definition) is 6. The van der Waals surface area contributed by atoms with Crippen molar-refractivity contribution in [1.29, 1.82) is 0 Å². The van der Waals surface area contributed by atoms with Gasteiger partial charge in [-0.25, -0.2) is 0 Å². The van der Waals surface area contributed by atoms with E-state index >= 15 is 0 Å². The SMILES string of the molecule is CC(C)(C)c1ccc(N2B3c4sc5cc6c(cc5c4N(c4ccc(C(C)(C)C)cc4)c4cc5c(oc7ccccc75)c(c43)-c3cc4c(cc32)oc2ccc(N(c3ccc(C(C)(C)C)cc3)c3ccc(C(C)(C)C)cc3)cc24)C(C)(C)CCC6(C)C)cc1. The molecule has 0 amide bonds. The second kappa shape index (κ2) is 18.8. The van der Waals surface area contributed by atoms with Crippen molar-refractivity contribution in [1.82, 2.24) is 0 Å². The Morgan fingerprint density at radius 2 is 0.954 bits per heavy atom. The van der Waals surface area contributed by atoms with E-state index in [-0.39, 0.29) is 39.3 Å². The van der Waals surface area contributed by atoms with Gasteiger partial charge in [0.1, 0.15) is 22.3 Å². The van der Waals surface area contributed by atoms with Crippen LogP contribution in [0, 0.1) is 0 Å². The van der Waals surface area contributed by atoms with Gasteiger partial charge in [0.2, 0.25) is 0 Å². The van der Waals surface area contributed by atoms with E-state index in [9.17, 15) is 0 Å². The predicted octanol–water partition coefficient (Wildman–Crippen LogP) is 22.4. The smallest absolute Gasteiger partial charge is 0.343 e. The monoisotopic (exact) mass is 1160 g/mol. The van der Waals surface area contributed by atoms with Gasteiger partial charge in [-0.1, -0.05) is 178 Å². The van der Waals surface area contributed by atoms with Gasteiger partial charge in [0.25, 0.3) is 0 Å². The maximum Gasteiger partial charge on any atom is 0.343 e. The van der Waals surface area contributed by atoms with Crippen LogP contribution in [-0.4, -0.2) is 6.85 Å². The molecule has 2 aliphatic heterocycles. The van der Waals surface area contributed by atoms with Gasteiger partial charge in [-0.15, -0.1) is 11.3 Å². The number of thiophene rings is 1. The summed E-state index contributed by atoms with van der Waals surface area (Å²) in [6, 6.07) is 65.1. The second-order valence-corrected chi connectivity index (χ2v) is 32.0. The lowest BCUT2D eigenvalue weighted by atomic mass is 9.46. The average molecular weight is 1160 g/mol. The number of nitrogens with zero attached hydrogens (tertiary/aromatic N) is 3. The summed E-state index contributed by atoms with van der Waals surface area (Å²) in [4.78, 5) is 7.70. The van der Waals surface area contributed by atoms with Crippen molar-refractivity contribution in [2.45, 2.75) is 156 Å². The van der Waals surface area contributed by atoms with E-state index in [2.05, 4.69) is 295 Å². The minimum Gasteiger partial charge on any atom is -0.456 e. The standard InChI is InChI=1S/C80H80BN3O2S/c1-75(2,3)47-21-29-51(30-22-47)82(52-31-23-48(24-32-52)76(4,5)6)55-37-38-67-57(41-55)58-42-60-64(46-68(58)85-67)84(54-35-27-50(28-36-54)78(10,11)12)81-71-65(44-59-56-19-17-18-20-66(56)86-73(59)70(60)71)83(53-33-25-49(26-34-53)77(7,8)9)72-61-43-62-63(45-69(61)87-74(72)81)80(15,16)40-39-79(62,13)14/h17-38,41-46H,39-40H2,1-16H3. The molecule has 0 radical (unpaired) electrons. The van der Waals surface area contributed by atoms with E-state index in [1.807, 2.05) is 11.3 Å². The van der Waals surface area contributed by atoms with E-state index in [1.165, 1.54) is 65.1 Å². The molecule has 0 fully saturated rings. The van der Waals surface area contributed by atoms with Gasteiger partial charge < -0.3 is 23.4 Å². The molecule has 436 valence electrons. The summed E-state index contributed by atoms with van der Waals surface area (Å²) >= 11 is 1.98. The van der Waals surface area contributed by atoms with Crippen molar-refractivity contribution < 1.29 is 8.83 Å². The number of anilines is 8. The highest BCUT2D eigenvalue weighted by Gasteiger charge is 2.49. The Morgan fingerprint density at radius 1 is 0.448 bits per heavy atom. The summed E-state index contributed by atoms with van der Waals surface area (Å²) in [5.74, 6) is 0. The fraction of sp³-hybridized carbons (Fsp3) is 0.300. The third-order valence-corrected chi connectivity index (χ3v) is 21.1. The van der Waals surface area contributed by atoms with E-state index < -0.39 is 0 Å². The Balaban J connectivity index is 1.04. The molecule has 7 heteroatoms. The zero-order valence-electron chi connectivity index (χ0n) is 53.7. The third kappa shape index (κ3) is 8.74. The maximum absolute atomic E-state index is 7.35. The van der Waals surface area contributed by atoms with Crippen LogP contribution in [0.4, 0.5) is 45.5 Å². The average Bonchev–Trinajstić information content (AvgIpc) is 1.65. The summed E-state index contributed by atoms with van der Waals surface area (Å²) in [7, 11) is 0. The van der Waals surface area contributed by atoms with E-state index in [0.717, 1.165) is 102 Å². The van der Waals surface area contributed by atoms with Gasteiger partial charge in [-0.05, 0) is 181 Å². The quantitative estimate of drug-likeness (QED) is 0.161. The first-order valence-corrected chi connectivity index (χ1v) is 32.4. The van der Waals surface area contributed by atoms with E-state index in [0.29, 0.717) is 0 Å². The fourth-order valence-electron chi connectivity index (χ4n) is 14.6. The lowest BCUT2D eigenvalue weighted by Crippen LogP contribution is -2.60. The number of hydrogen-bond donors (Lipinski definition) is 0. The number of rotatable bonds is 5. The highest BCUT2D eigenvalue weighted by atomic mass is 32.1. The lowest BCUT2D eigenvalue weighted by molar-refractivity contribution is 0.332. The summed E-state index contributed by atoms with van der Waals surface area (Å²) in [6.07, 6.45) is 2.30. The Kier molecular flexibility index (Phi) is 12.0. The summed E-state index contributed by atoms with van der Waals surface area (Å²) in [5, 5.41) is 5.65. The Bertz CT molecular complexity index is 4720. The Morgan fingerprint density at radius 3 is 1.53 bits per heavy atom. The van der Waals surface area contributed by atoms with Crippen LogP contribution in [0.15, 0.2) is 179 Å². The number of para-hydroxylation sites is 1. The molecular formula is C80H80BN3O2S. The van der Waals surface area contributed by atoms with Gasteiger partial charge in [0.15, 0.2) is 0 Å². The molecule has 5 heterocycles. The first-order chi connectivity index (χ1) is 41.1. The zero-order valence-corrected chi connectivity index (χ0v) is 54.5. The minimum absolute atomic E-state index is 0.0131. The molecule has 87 heavy (non-hydrogen) atoms. The van der Waals surface area contributed by atoms with Crippen LogP contribution in [0.25, 0.3) is 65.1 Å². The maximum atomic E-state index is 7.35. The topological polar surface area (TPSA) is 36.0 Å². The molecule has 0 saturated heterocycles.